The fourth-order valence-corrected chi connectivity index (χ4v) is 2.57. The van der Waals surface area contributed by atoms with Gasteiger partial charge in [-0.2, -0.15) is 0 Å². The van der Waals surface area contributed by atoms with Crippen LogP contribution in [-0.2, 0) is 4.79 Å². The molecule has 1 fully saturated rings. The summed E-state index contributed by atoms with van der Waals surface area (Å²) in [7, 11) is 0. The fourth-order valence-electron chi connectivity index (χ4n) is 2.57. The van der Waals surface area contributed by atoms with Crippen molar-refractivity contribution >= 4 is 5.91 Å². The molecule has 1 aliphatic heterocycles. The molecule has 6 heteroatoms. The van der Waals surface area contributed by atoms with Crippen molar-refractivity contribution in [2.75, 3.05) is 32.8 Å². The molecule has 0 radical (unpaired) electrons. The molecule has 21 heavy (non-hydrogen) atoms. The molecule has 2 rings (SSSR count). The summed E-state index contributed by atoms with van der Waals surface area (Å²) in [6.07, 6.45) is 2.01. The number of benzene rings is 1. The Morgan fingerprint density at radius 1 is 1.33 bits per heavy atom. The lowest BCUT2D eigenvalue weighted by molar-refractivity contribution is -0.119. The van der Waals surface area contributed by atoms with E-state index in [9.17, 15) is 9.18 Å². The second-order valence-electron chi connectivity index (χ2n) is 5.22. The minimum Gasteiger partial charge on any atom is -0.492 e. The second-order valence-corrected chi connectivity index (χ2v) is 5.22. The van der Waals surface area contributed by atoms with Gasteiger partial charge in [-0.1, -0.05) is 0 Å². The molecule has 116 valence electrons. The maximum Gasteiger partial charge on any atom is 0.231 e. The lowest BCUT2D eigenvalue weighted by atomic mass is 10.0. The Kier molecular flexibility index (Phi) is 5.95. The number of hydrogen-bond donors (Lipinski definition) is 2. The minimum atomic E-state index is -0.324. The SMILES string of the molecule is NC(=O)CN(CCOc1ccc(F)cc1)C1CCNCC1. The Balaban J connectivity index is 1.83. The number of hydrogen-bond acceptors (Lipinski definition) is 4. The van der Waals surface area contributed by atoms with Crippen LogP contribution in [0.2, 0.25) is 0 Å². The summed E-state index contributed by atoms with van der Waals surface area (Å²) in [6, 6.07) is 6.28. The number of piperidine rings is 1. The molecule has 0 atom stereocenters. The lowest BCUT2D eigenvalue weighted by Gasteiger charge is -2.33. The number of nitrogens with zero attached hydrogens (tertiary/aromatic N) is 1. The van der Waals surface area contributed by atoms with Crippen LogP contribution < -0.4 is 15.8 Å². The van der Waals surface area contributed by atoms with Crippen LogP contribution in [0.15, 0.2) is 24.3 Å². The van der Waals surface area contributed by atoms with Gasteiger partial charge in [0.05, 0.1) is 6.54 Å². The standard InChI is InChI=1S/C15H22FN3O2/c16-12-1-3-14(4-2-12)21-10-9-19(11-15(17)20)13-5-7-18-8-6-13/h1-4,13,18H,5-11H2,(H2,17,20). The zero-order chi connectivity index (χ0) is 15.1. The molecule has 0 spiro atoms. The van der Waals surface area contributed by atoms with E-state index in [1.54, 1.807) is 12.1 Å². The first-order chi connectivity index (χ1) is 10.1. The van der Waals surface area contributed by atoms with Crippen molar-refractivity contribution in [3.05, 3.63) is 30.1 Å². The molecule has 0 unspecified atom stereocenters. The molecule has 3 N–H and O–H groups in total. The average Bonchev–Trinajstić information content (AvgIpc) is 2.49. The topological polar surface area (TPSA) is 67.6 Å². The van der Waals surface area contributed by atoms with Crippen molar-refractivity contribution in [3.63, 3.8) is 0 Å². The van der Waals surface area contributed by atoms with E-state index in [2.05, 4.69) is 10.2 Å². The van der Waals surface area contributed by atoms with Gasteiger partial charge in [0.15, 0.2) is 0 Å². The van der Waals surface area contributed by atoms with Gasteiger partial charge >= 0.3 is 0 Å². The summed E-state index contributed by atoms with van der Waals surface area (Å²) < 4.78 is 18.4. The molecule has 1 saturated heterocycles. The Labute approximate surface area is 124 Å². The van der Waals surface area contributed by atoms with Crippen molar-refractivity contribution in [1.29, 1.82) is 0 Å². The first-order valence-electron chi connectivity index (χ1n) is 7.26. The Hall–Kier alpha value is -1.66. The van der Waals surface area contributed by atoms with E-state index in [0.717, 1.165) is 25.9 Å². The van der Waals surface area contributed by atoms with Crippen LogP contribution in [0, 0.1) is 5.82 Å². The number of ether oxygens (including phenoxy) is 1. The van der Waals surface area contributed by atoms with Crippen LogP contribution in [0.5, 0.6) is 5.75 Å². The molecule has 1 aromatic carbocycles. The average molecular weight is 295 g/mol. The van der Waals surface area contributed by atoms with E-state index in [4.69, 9.17) is 10.5 Å². The highest BCUT2D eigenvalue weighted by Gasteiger charge is 2.22. The van der Waals surface area contributed by atoms with Crippen LogP contribution in [-0.4, -0.2) is 49.6 Å². The second kappa shape index (κ2) is 7.95. The van der Waals surface area contributed by atoms with E-state index in [1.165, 1.54) is 12.1 Å². The Morgan fingerprint density at radius 3 is 2.62 bits per heavy atom. The molecular formula is C15H22FN3O2. The first kappa shape index (κ1) is 15.7. The highest BCUT2D eigenvalue weighted by molar-refractivity contribution is 5.75. The Morgan fingerprint density at radius 2 is 2.00 bits per heavy atom. The molecule has 1 amide bonds. The fraction of sp³-hybridized carbons (Fsp3) is 0.533. The van der Waals surface area contributed by atoms with Crippen molar-refractivity contribution in [1.82, 2.24) is 10.2 Å². The van der Waals surface area contributed by atoms with Crippen molar-refractivity contribution in [2.24, 2.45) is 5.73 Å². The molecular weight excluding hydrogens is 273 g/mol. The molecule has 0 bridgehead atoms. The van der Waals surface area contributed by atoms with E-state index < -0.39 is 0 Å². The Bertz CT molecular complexity index is 447. The highest BCUT2D eigenvalue weighted by Crippen LogP contribution is 2.13. The summed E-state index contributed by atoms with van der Waals surface area (Å²) in [5.41, 5.74) is 5.32. The number of carbonyl (C=O) groups excluding carboxylic acids is 1. The number of nitrogens with two attached hydrogens (primary N) is 1. The third-order valence-corrected chi connectivity index (χ3v) is 3.64. The summed E-state index contributed by atoms with van der Waals surface area (Å²) in [4.78, 5) is 13.3. The summed E-state index contributed by atoms with van der Waals surface area (Å²) in [6.45, 7) is 3.24. The van der Waals surface area contributed by atoms with Gasteiger partial charge in [-0.15, -0.1) is 0 Å². The van der Waals surface area contributed by atoms with Gasteiger partial charge in [0.2, 0.25) is 5.91 Å². The molecule has 0 saturated carbocycles. The van der Waals surface area contributed by atoms with Gasteiger partial charge in [-0.25, -0.2) is 4.39 Å². The number of halogens is 1. The smallest absolute Gasteiger partial charge is 0.231 e. The van der Waals surface area contributed by atoms with Crippen molar-refractivity contribution < 1.29 is 13.9 Å². The third kappa shape index (κ3) is 5.32. The highest BCUT2D eigenvalue weighted by atomic mass is 19.1. The largest absolute Gasteiger partial charge is 0.492 e. The molecule has 0 aliphatic carbocycles. The monoisotopic (exact) mass is 295 g/mol. The molecule has 1 heterocycles. The van der Waals surface area contributed by atoms with Gasteiger partial charge in [0.1, 0.15) is 18.2 Å². The van der Waals surface area contributed by atoms with Gasteiger partial charge < -0.3 is 15.8 Å². The van der Waals surface area contributed by atoms with Crippen LogP contribution in [0.1, 0.15) is 12.8 Å². The van der Waals surface area contributed by atoms with Crippen LogP contribution in [0.4, 0.5) is 4.39 Å². The normalized spacial score (nSPS) is 16.1. The number of amides is 1. The van der Waals surface area contributed by atoms with Crippen LogP contribution in [0.25, 0.3) is 0 Å². The first-order valence-corrected chi connectivity index (χ1v) is 7.26. The van der Waals surface area contributed by atoms with Gasteiger partial charge in [-0.3, -0.25) is 9.69 Å². The summed E-state index contributed by atoms with van der Waals surface area (Å²) in [5, 5.41) is 3.30. The summed E-state index contributed by atoms with van der Waals surface area (Å²) in [5.74, 6) is 0.0171. The zero-order valence-corrected chi connectivity index (χ0v) is 12.1. The summed E-state index contributed by atoms with van der Waals surface area (Å²) >= 11 is 0. The predicted molar refractivity (Wildman–Crippen MR) is 78.6 cm³/mol. The molecule has 5 nitrogen and oxygen atoms in total. The van der Waals surface area contributed by atoms with E-state index in [-0.39, 0.29) is 18.3 Å². The van der Waals surface area contributed by atoms with E-state index in [0.29, 0.717) is 24.9 Å². The van der Waals surface area contributed by atoms with E-state index in [1.807, 2.05) is 0 Å². The maximum atomic E-state index is 12.8. The number of rotatable bonds is 7. The van der Waals surface area contributed by atoms with Gasteiger partial charge in [-0.05, 0) is 50.2 Å². The van der Waals surface area contributed by atoms with Crippen molar-refractivity contribution in [3.8, 4) is 5.75 Å². The zero-order valence-electron chi connectivity index (χ0n) is 12.1. The molecule has 0 aromatic heterocycles. The minimum absolute atomic E-state index is 0.247. The van der Waals surface area contributed by atoms with Gasteiger partial charge in [0.25, 0.3) is 0 Å². The van der Waals surface area contributed by atoms with Gasteiger partial charge in [0, 0.05) is 12.6 Å². The van der Waals surface area contributed by atoms with E-state index >= 15 is 0 Å². The van der Waals surface area contributed by atoms with Crippen LogP contribution >= 0.6 is 0 Å². The molecule has 1 aromatic rings. The maximum absolute atomic E-state index is 12.8. The van der Waals surface area contributed by atoms with Crippen molar-refractivity contribution in [2.45, 2.75) is 18.9 Å². The lowest BCUT2D eigenvalue weighted by Crippen LogP contribution is -2.47. The quantitative estimate of drug-likeness (QED) is 0.779. The van der Waals surface area contributed by atoms with Crippen LogP contribution in [0.3, 0.4) is 0 Å². The number of carbonyl (C=O) groups is 1. The predicted octanol–water partition coefficient (Wildman–Crippen LogP) is 0.744. The molecule has 1 aliphatic rings. The number of primary amides is 1. The third-order valence-electron chi connectivity index (χ3n) is 3.64. The number of nitrogens with one attached hydrogen (secondary N) is 1.